The molecule has 1 fully saturated rings. The summed E-state index contributed by atoms with van der Waals surface area (Å²) in [5.74, 6) is 0.123. The number of nitrogens with one attached hydrogen (secondary N) is 1. The van der Waals surface area contributed by atoms with Crippen molar-refractivity contribution in [2.45, 2.75) is 44.2 Å². The van der Waals surface area contributed by atoms with Crippen molar-refractivity contribution in [3.63, 3.8) is 0 Å². The van der Waals surface area contributed by atoms with Gasteiger partial charge in [-0.3, -0.25) is 0 Å². The molecular formula is C20H30N4O2S. The molecule has 0 aliphatic carbocycles. The summed E-state index contributed by atoms with van der Waals surface area (Å²) in [4.78, 5) is 4.07. The van der Waals surface area contributed by atoms with Gasteiger partial charge in [0.15, 0.2) is 5.03 Å². The minimum absolute atomic E-state index is 0.0803. The normalized spacial score (nSPS) is 21.6. The van der Waals surface area contributed by atoms with Crippen LogP contribution in [0.4, 0.5) is 0 Å². The number of benzene rings is 1. The fraction of sp³-hybridized carbons (Fsp3) is 0.550. The van der Waals surface area contributed by atoms with Crippen LogP contribution in [0.3, 0.4) is 0 Å². The molecule has 0 amide bonds. The second-order valence-electron chi connectivity index (χ2n) is 8.22. The number of aryl methyl sites for hydroxylation is 1. The van der Waals surface area contributed by atoms with Crippen LogP contribution in [-0.2, 0) is 17.1 Å². The number of rotatable bonds is 7. The maximum atomic E-state index is 13.0. The predicted octanol–water partition coefficient (Wildman–Crippen LogP) is 2.60. The van der Waals surface area contributed by atoms with Gasteiger partial charge in [-0.05, 0) is 17.4 Å². The number of imidazole rings is 1. The zero-order valence-electron chi connectivity index (χ0n) is 16.6. The highest BCUT2D eigenvalue weighted by molar-refractivity contribution is 7.89. The molecule has 0 saturated carbocycles. The summed E-state index contributed by atoms with van der Waals surface area (Å²) in [5.41, 5.74) is 1.34. The van der Waals surface area contributed by atoms with E-state index in [0.717, 1.165) is 13.0 Å². The highest BCUT2D eigenvalue weighted by Crippen LogP contribution is 2.32. The molecule has 0 bridgehead atoms. The van der Waals surface area contributed by atoms with Gasteiger partial charge in [0.1, 0.15) is 0 Å². The van der Waals surface area contributed by atoms with E-state index >= 15 is 0 Å². The van der Waals surface area contributed by atoms with Gasteiger partial charge in [-0.2, -0.15) is 4.31 Å². The molecule has 6 nitrogen and oxygen atoms in total. The number of hydrogen-bond acceptors (Lipinski definition) is 4. The Hall–Kier alpha value is -1.70. The smallest absolute Gasteiger partial charge is 0.262 e. The van der Waals surface area contributed by atoms with E-state index in [4.69, 9.17) is 0 Å². The monoisotopic (exact) mass is 390 g/mol. The quantitative estimate of drug-likeness (QED) is 0.789. The number of hydrogen-bond donors (Lipinski definition) is 1. The second-order valence-corrected chi connectivity index (χ2v) is 10.1. The molecule has 3 rings (SSSR count). The largest absolute Gasteiger partial charge is 0.339 e. The van der Waals surface area contributed by atoms with E-state index in [9.17, 15) is 8.42 Å². The summed E-state index contributed by atoms with van der Waals surface area (Å²) in [6, 6.07) is 10.3. The molecular weight excluding hydrogens is 360 g/mol. The number of sulfonamides is 1. The van der Waals surface area contributed by atoms with E-state index in [2.05, 4.69) is 43.2 Å². The SMILES string of the molecule is CCC(C)(C)CNC1CN(S(=O)(=O)c2cn(C)cn2)CC1c1ccccc1. The van der Waals surface area contributed by atoms with E-state index in [0.29, 0.717) is 13.1 Å². The standard InChI is InChI=1S/C20H30N4O2S/c1-5-20(2,3)14-21-18-12-24(11-17(18)16-9-7-6-8-10-16)27(25,26)19-13-23(4)15-22-19/h6-10,13,15,17-18,21H,5,11-12,14H2,1-4H3. The maximum Gasteiger partial charge on any atom is 0.262 e. The van der Waals surface area contributed by atoms with E-state index < -0.39 is 10.0 Å². The number of nitrogens with zero attached hydrogens (tertiary/aromatic N) is 3. The van der Waals surface area contributed by atoms with Crippen molar-refractivity contribution in [3.8, 4) is 0 Å². The van der Waals surface area contributed by atoms with Gasteiger partial charge >= 0.3 is 0 Å². The van der Waals surface area contributed by atoms with Crippen molar-refractivity contribution in [2.75, 3.05) is 19.6 Å². The van der Waals surface area contributed by atoms with E-state index in [1.807, 2.05) is 18.2 Å². The minimum Gasteiger partial charge on any atom is -0.339 e. The number of aromatic nitrogens is 2. The van der Waals surface area contributed by atoms with E-state index in [1.54, 1.807) is 22.1 Å². The molecule has 0 spiro atoms. The topological polar surface area (TPSA) is 67.2 Å². The van der Waals surface area contributed by atoms with Crippen LogP contribution in [0, 0.1) is 5.41 Å². The molecule has 1 aromatic carbocycles. The first-order valence-corrected chi connectivity index (χ1v) is 10.9. The highest BCUT2D eigenvalue weighted by Gasteiger charge is 2.41. The van der Waals surface area contributed by atoms with Crippen molar-refractivity contribution in [3.05, 3.63) is 48.4 Å². The Morgan fingerprint density at radius 2 is 1.93 bits per heavy atom. The Balaban J connectivity index is 1.85. The molecule has 27 heavy (non-hydrogen) atoms. The molecule has 1 aliphatic heterocycles. The highest BCUT2D eigenvalue weighted by atomic mass is 32.2. The van der Waals surface area contributed by atoms with E-state index in [1.165, 1.54) is 11.9 Å². The fourth-order valence-corrected chi connectivity index (χ4v) is 4.85. The zero-order valence-corrected chi connectivity index (χ0v) is 17.4. The van der Waals surface area contributed by atoms with Gasteiger partial charge in [0, 0.05) is 44.8 Å². The molecule has 2 unspecified atom stereocenters. The molecule has 1 aliphatic rings. The Labute approximate surface area is 162 Å². The maximum absolute atomic E-state index is 13.0. The third-order valence-electron chi connectivity index (χ3n) is 5.60. The van der Waals surface area contributed by atoms with Crippen molar-refractivity contribution in [2.24, 2.45) is 12.5 Å². The summed E-state index contributed by atoms with van der Waals surface area (Å²) in [6.07, 6.45) is 4.16. The van der Waals surface area contributed by atoms with Gasteiger partial charge in [0.25, 0.3) is 10.0 Å². The Bertz CT molecular complexity index is 861. The molecule has 1 N–H and O–H groups in total. The molecule has 1 aromatic heterocycles. The molecule has 1 saturated heterocycles. The zero-order chi connectivity index (χ0) is 19.7. The first-order chi connectivity index (χ1) is 12.7. The van der Waals surface area contributed by atoms with Crippen molar-refractivity contribution in [1.29, 1.82) is 0 Å². The lowest BCUT2D eigenvalue weighted by molar-refractivity contribution is 0.304. The fourth-order valence-electron chi connectivity index (χ4n) is 3.40. The molecule has 0 radical (unpaired) electrons. The summed E-state index contributed by atoms with van der Waals surface area (Å²) < 4.78 is 29.3. The average Bonchev–Trinajstić information content (AvgIpc) is 3.28. The second kappa shape index (κ2) is 7.73. The third kappa shape index (κ3) is 4.42. The molecule has 7 heteroatoms. The van der Waals surface area contributed by atoms with Crippen LogP contribution < -0.4 is 5.32 Å². The van der Waals surface area contributed by atoms with Crippen LogP contribution in [0.1, 0.15) is 38.7 Å². The van der Waals surface area contributed by atoms with Crippen molar-refractivity contribution >= 4 is 10.0 Å². The Morgan fingerprint density at radius 3 is 2.52 bits per heavy atom. The van der Waals surface area contributed by atoms with Gasteiger partial charge in [0.2, 0.25) is 0 Å². The van der Waals surface area contributed by atoms with Crippen molar-refractivity contribution in [1.82, 2.24) is 19.2 Å². The lowest BCUT2D eigenvalue weighted by Crippen LogP contribution is -2.41. The minimum atomic E-state index is -3.59. The van der Waals surface area contributed by atoms with Gasteiger partial charge in [-0.1, -0.05) is 51.1 Å². The first-order valence-electron chi connectivity index (χ1n) is 9.49. The van der Waals surface area contributed by atoms with Crippen LogP contribution in [0.15, 0.2) is 47.9 Å². The first kappa shape index (κ1) is 20.0. The third-order valence-corrected chi connectivity index (χ3v) is 7.32. The molecule has 148 valence electrons. The predicted molar refractivity (Wildman–Crippen MR) is 107 cm³/mol. The molecule has 2 aromatic rings. The summed E-state index contributed by atoms with van der Waals surface area (Å²) >= 11 is 0. The lowest BCUT2D eigenvalue weighted by atomic mass is 9.88. The lowest BCUT2D eigenvalue weighted by Gasteiger charge is -2.28. The summed E-state index contributed by atoms with van der Waals surface area (Å²) in [6.45, 7) is 8.42. The average molecular weight is 391 g/mol. The van der Waals surface area contributed by atoms with Crippen LogP contribution in [-0.4, -0.2) is 48.0 Å². The Kier molecular flexibility index (Phi) is 5.74. The van der Waals surface area contributed by atoms with Crippen LogP contribution in [0.2, 0.25) is 0 Å². The molecule has 2 atom stereocenters. The van der Waals surface area contributed by atoms with Crippen molar-refractivity contribution < 1.29 is 8.42 Å². The van der Waals surface area contributed by atoms with Crippen LogP contribution in [0.5, 0.6) is 0 Å². The summed E-state index contributed by atoms with van der Waals surface area (Å²) in [7, 11) is -1.81. The Morgan fingerprint density at radius 1 is 1.22 bits per heavy atom. The van der Waals surface area contributed by atoms with Crippen LogP contribution >= 0.6 is 0 Å². The van der Waals surface area contributed by atoms with Crippen LogP contribution in [0.25, 0.3) is 0 Å². The van der Waals surface area contributed by atoms with Gasteiger partial charge in [0.05, 0.1) is 6.33 Å². The molecule has 2 heterocycles. The van der Waals surface area contributed by atoms with Gasteiger partial charge in [-0.25, -0.2) is 13.4 Å². The van der Waals surface area contributed by atoms with Gasteiger partial charge in [-0.15, -0.1) is 0 Å². The van der Waals surface area contributed by atoms with Gasteiger partial charge < -0.3 is 9.88 Å². The summed E-state index contributed by atoms with van der Waals surface area (Å²) in [5, 5.41) is 3.77. The van der Waals surface area contributed by atoms with E-state index in [-0.39, 0.29) is 22.4 Å².